The first-order chi connectivity index (χ1) is 15.8. The minimum absolute atomic E-state index is 0.00867. The van der Waals surface area contributed by atoms with Crippen LogP contribution >= 0.6 is 0 Å². The maximum absolute atomic E-state index is 13.0. The van der Waals surface area contributed by atoms with Crippen molar-refractivity contribution in [3.8, 4) is 11.5 Å². The molecule has 2 aromatic carbocycles. The molecule has 0 unspecified atom stereocenters. The van der Waals surface area contributed by atoms with Crippen LogP contribution in [0.1, 0.15) is 36.9 Å². The number of hydrogen-bond acceptors (Lipinski definition) is 11. The van der Waals surface area contributed by atoms with Crippen LogP contribution in [-0.4, -0.2) is 51.9 Å². The highest BCUT2D eigenvalue weighted by Crippen LogP contribution is 2.35. The van der Waals surface area contributed by atoms with Crippen molar-refractivity contribution < 1.29 is 38.6 Å². The number of hydrogen-bond donors (Lipinski definition) is 0. The van der Waals surface area contributed by atoms with E-state index >= 15 is 0 Å². The fraction of sp³-hybridized carbons (Fsp3) is 0.150. The fourth-order valence-electron chi connectivity index (χ4n) is 2.80. The normalized spacial score (nSPS) is 10.4. The molecule has 3 rings (SSSR count). The minimum Gasteiger partial charge on any atom is -0.543 e. The summed E-state index contributed by atoms with van der Waals surface area (Å²) >= 11 is 0. The standard InChI is InChI=1S/C20H16N4O9/c1-31-14-8-12(13(24(29)30)9-15(14)32-2)18(25)16-17(19(26)27)22-23(21-16)10-33-20(28)11-6-4-3-5-7-11/h3-9H,10H2,1-2H3,(H,26,27)/p-1. The summed E-state index contributed by atoms with van der Waals surface area (Å²) in [5.41, 5.74) is -2.61. The molecule has 33 heavy (non-hydrogen) atoms. The van der Waals surface area contributed by atoms with Gasteiger partial charge in [-0.15, -0.1) is 15.0 Å². The number of carbonyl (C=O) groups excluding carboxylic acids is 3. The van der Waals surface area contributed by atoms with Gasteiger partial charge in [0.25, 0.3) is 5.69 Å². The number of esters is 1. The molecule has 0 fully saturated rings. The van der Waals surface area contributed by atoms with E-state index < -0.39 is 52.0 Å². The van der Waals surface area contributed by atoms with Gasteiger partial charge in [-0.3, -0.25) is 14.9 Å². The van der Waals surface area contributed by atoms with Crippen LogP contribution in [0.25, 0.3) is 0 Å². The monoisotopic (exact) mass is 455 g/mol. The molecule has 1 aromatic heterocycles. The maximum Gasteiger partial charge on any atom is 0.339 e. The molecule has 170 valence electrons. The molecule has 3 aromatic rings. The highest BCUT2D eigenvalue weighted by Gasteiger charge is 2.30. The van der Waals surface area contributed by atoms with Gasteiger partial charge in [0, 0.05) is 6.07 Å². The predicted molar refractivity (Wildman–Crippen MR) is 106 cm³/mol. The first-order valence-electron chi connectivity index (χ1n) is 9.10. The number of aromatic carboxylic acids is 1. The number of ketones is 1. The average Bonchev–Trinajstić information content (AvgIpc) is 3.26. The van der Waals surface area contributed by atoms with Gasteiger partial charge in [0.2, 0.25) is 12.5 Å². The topological polar surface area (TPSA) is 176 Å². The molecular formula is C20H15N4O9-. The van der Waals surface area contributed by atoms with Crippen molar-refractivity contribution >= 4 is 23.4 Å². The summed E-state index contributed by atoms with van der Waals surface area (Å²) in [6, 6.07) is 9.90. The van der Waals surface area contributed by atoms with E-state index in [1.807, 2.05) is 0 Å². The van der Waals surface area contributed by atoms with Crippen LogP contribution in [0.2, 0.25) is 0 Å². The van der Waals surface area contributed by atoms with E-state index in [1.165, 1.54) is 26.4 Å². The lowest BCUT2D eigenvalue weighted by molar-refractivity contribution is -0.385. The molecule has 0 bridgehead atoms. The Morgan fingerprint density at radius 2 is 1.61 bits per heavy atom. The van der Waals surface area contributed by atoms with Gasteiger partial charge in [0.15, 0.2) is 17.2 Å². The zero-order valence-electron chi connectivity index (χ0n) is 17.2. The van der Waals surface area contributed by atoms with Crippen molar-refractivity contribution in [3.05, 3.63) is 75.1 Å². The van der Waals surface area contributed by atoms with Gasteiger partial charge < -0.3 is 24.1 Å². The Hall–Kier alpha value is -4.81. The Bertz CT molecular complexity index is 1240. The van der Waals surface area contributed by atoms with Crippen LogP contribution in [0.3, 0.4) is 0 Å². The number of rotatable bonds is 9. The third-order valence-electron chi connectivity index (χ3n) is 4.33. The summed E-state index contributed by atoms with van der Waals surface area (Å²) in [6.07, 6.45) is 0. The summed E-state index contributed by atoms with van der Waals surface area (Å²) in [5, 5.41) is 30.3. The Labute approximate surface area is 185 Å². The highest BCUT2D eigenvalue weighted by molar-refractivity contribution is 6.14. The molecule has 0 amide bonds. The lowest BCUT2D eigenvalue weighted by Gasteiger charge is -2.09. The quantitative estimate of drug-likeness (QED) is 0.191. The molecule has 0 aliphatic rings. The number of aromatic nitrogens is 3. The SMILES string of the molecule is COc1cc(C(=O)c2nn(COC(=O)c3ccccc3)nc2C(=O)[O-])c([N+](=O)[O-])cc1OC. The average molecular weight is 455 g/mol. The van der Waals surface area contributed by atoms with Gasteiger partial charge in [-0.05, 0) is 12.1 Å². The number of carboxylic acid groups (broad SMARTS) is 1. The molecule has 1 heterocycles. The molecule has 0 spiro atoms. The highest BCUT2D eigenvalue weighted by atomic mass is 16.6. The van der Waals surface area contributed by atoms with Gasteiger partial charge in [-0.25, -0.2) is 4.79 Å². The number of carbonyl (C=O) groups is 3. The Morgan fingerprint density at radius 3 is 2.18 bits per heavy atom. The van der Waals surface area contributed by atoms with E-state index in [2.05, 4.69) is 10.2 Å². The number of methoxy groups -OCH3 is 2. The van der Waals surface area contributed by atoms with Gasteiger partial charge in [0.1, 0.15) is 11.3 Å². The van der Waals surface area contributed by atoms with Crippen LogP contribution in [0.4, 0.5) is 5.69 Å². The third-order valence-corrected chi connectivity index (χ3v) is 4.33. The molecular weight excluding hydrogens is 440 g/mol. The van der Waals surface area contributed by atoms with Gasteiger partial charge in [-0.2, -0.15) is 0 Å². The van der Waals surface area contributed by atoms with E-state index in [4.69, 9.17) is 14.2 Å². The first kappa shape index (κ1) is 22.9. The van der Waals surface area contributed by atoms with Crippen molar-refractivity contribution in [2.45, 2.75) is 6.73 Å². The zero-order chi connectivity index (χ0) is 24.1. The molecule has 0 aliphatic carbocycles. The summed E-state index contributed by atoms with van der Waals surface area (Å²) in [5.74, 6) is -3.76. The molecule has 0 saturated carbocycles. The second kappa shape index (κ2) is 9.55. The number of nitro groups is 1. The second-order valence-corrected chi connectivity index (χ2v) is 6.29. The summed E-state index contributed by atoms with van der Waals surface area (Å²) in [7, 11) is 2.50. The number of benzene rings is 2. The second-order valence-electron chi connectivity index (χ2n) is 6.29. The Balaban J connectivity index is 1.97. The van der Waals surface area contributed by atoms with Crippen molar-refractivity contribution in [1.29, 1.82) is 0 Å². The zero-order valence-corrected chi connectivity index (χ0v) is 17.2. The lowest BCUT2D eigenvalue weighted by Crippen LogP contribution is -2.25. The van der Waals surface area contributed by atoms with Crippen LogP contribution in [0.5, 0.6) is 11.5 Å². The van der Waals surface area contributed by atoms with Crippen LogP contribution in [0, 0.1) is 10.1 Å². The molecule has 0 aliphatic heterocycles. The Morgan fingerprint density at radius 1 is 1.00 bits per heavy atom. The van der Waals surface area contributed by atoms with Crippen molar-refractivity contribution in [1.82, 2.24) is 15.0 Å². The largest absolute Gasteiger partial charge is 0.543 e. The maximum atomic E-state index is 13.0. The van der Waals surface area contributed by atoms with Crippen LogP contribution in [-0.2, 0) is 11.5 Å². The minimum atomic E-state index is -1.86. The van der Waals surface area contributed by atoms with Crippen LogP contribution in [0.15, 0.2) is 42.5 Å². The van der Waals surface area contributed by atoms with Gasteiger partial charge in [0.05, 0.1) is 36.7 Å². The Kier molecular flexibility index (Phi) is 6.62. The summed E-state index contributed by atoms with van der Waals surface area (Å²) < 4.78 is 15.1. The summed E-state index contributed by atoms with van der Waals surface area (Å²) in [6.45, 7) is -0.630. The smallest absolute Gasteiger partial charge is 0.339 e. The predicted octanol–water partition coefficient (Wildman–Crippen LogP) is 0.613. The molecule has 0 saturated heterocycles. The molecule has 0 radical (unpaired) electrons. The molecule has 0 atom stereocenters. The number of nitrogens with zero attached hydrogens (tertiary/aromatic N) is 4. The van der Waals surface area contributed by atoms with E-state index in [0.717, 1.165) is 12.1 Å². The van der Waals surface area contributed by atoms with Crippen molar-refractivity contribution in [2.24, 2.45) is 0 Å². The lowest BCUT2D eigenvalue weighted by atomic mass is 10.0. The van der Waals surface area contributed by atoms with Crippen LogP contribution < -0.4 is 14.6 Å². The molecule has 13 heteroatoms. The number of nitro benzene ring substituents is 1. The van der Waals surface area contributed by atoms with Crippen molar-refractivity contribution in [3.63, 3.8) is 0 Å². The number of carboxylic acids is 1. The summed E-state index contributed by atoms with van der Waals surface area (Å²) in [4.78, 5) is 47.9. The van der Waals surface area contributed by atoms with E-state index in [-0.39, 0.29) is 17.1 Å². The third kappa shape index (κ3) is 4.76. The molecule has 13 nitrogen and oxygen atoms in total. The van der Waals surface area contributed by atoms with E-state index in [0.29, 0.717) is 4.80 Å². The van der Waals surface area contributed by atoms with E-state index in [9.17, 15) is 29.6 Å². The van der Waals surface area contributed by atoms with E-state index in [1.54, 1.807) is 18.2 Å². The first-order valence-corrected chi connectivity index (χ1v) is 9.10. The molecule has 0 N–H and O–H groups in total. The van der Waals surface area contributed by atoms with Gasteiger partial charge >= 0.3 is 5.97 Å². The fourth-order valence-corrected chi connectivity index (χ4v) is 2.80. The van der Waals surface area contributed by atoms with Gasteiger partial charge in [-0.1, -0.05) is 18.2 Å². The number of ether oxygens (including phenoxy) is 3. The van der Waals surface area contributed by atoms with Crippen molar-refractivity contribution in [2.75, 3.05) is 14.2 Å².